The molecule has 0 radical (unpaired) electrons. The highest BCUT2D eigenvalue weighted by Crippen LogP contribution is 2.28. The van der Waals surface area contributed by atoms with Gasteiger partial charge in [0.2, 0.25) is 10.0 Å². The third kappa shape index (κ3) is 4.28. The highest BCUT2D eigenvalue weighted by atomic mass is 32.2. The molecule has 0 aliphatic carbocycles. The molecule has 10 heteroatoms. The molecule has 0 bridgehead atoms. The van der Waals surface area contributed by atoms with Crippen LogP contribution in [0.3, 0.4) is 0 Å². The lowest BCUT2D eigenvalue weighted by molar-refractivity contribution is 0.597. The molecule has 136 valence electrons. The standard InChI is InChI=1S/C16H15N3O4S3/c1-25(20,21)13-8-4-12(5-9-13)18-16-19-15(10-24-16)11-2-6-14(7-3-11)26(17,22)23/h2-10H,1H3,(H,18,19)(H2,17,22,23). The third-order valence-corrected chi connectivity index (χ3v) is 6.33. The van der Waals surface area contributed by atoms with E-state index in [4.69, 9.17) is 5.14 Å². The van der Waals surface area contributed by atoms with Gasteiger partial charge in [-0.1, -0.05) is 12.1 Å². The molecule has 0 saturated carbocycles. The van der Waals surface area contributed by atoms with Crippen molar-refractivity contribution in [1.29, 1.82) is 0 Å². The number of thiazole rings is 1. The van der Waals surface area contributed by atoms with Crippen molar-refractivity contribution in [3.05, 3.63) is 53.9 Å². The van der Waals surface area contributed by atoms with Crippen LogP contribution in [0.15, 0.2) is 63.7 Å². The Kier molecular flexibility index (Phi) is 4.84. The van der Waals surface area contributed by atoms with Crippen LogP contribution in [0.5, 0.6) is 0 Å². The van der Waals surface area contributed by atoms with E-state index in [1.54, 1.807) is 24.3 Å². The molecular formula is C16H15N3O4S3. The first-order chi connectivity index (χ1) is 12.1. The average Bonchev–Trinajstić information content (AvgIpc) is 3.02. The predicted molar refractivity (Wildman–Crippen MR) is 102 cm³/mol. The van der Waals surface area contributed by atoms with Crippen molar-refractivity contribution in [3.8, 4) is 11.3 Å². The number of hydrogen-bond acceptors (Lipinski definition) is 7. The molecule has 1 heterocycles. The minimum atomic E-state index is -3.72. The lowest BCUT2D eigenvalue weighted by Gasteiger charge is -2.04. The summed E-state index contributed by atoms with van der Waals surface area (Å²) < 4.78 is 45.5. The van der Waals surface area contributed by atoms with Gasteiger partial charge in [0, 0.05) is 22.9 Å². The summed E-state index contributed by atoms with van der Waals surface area (Å²) in [7, 11) is -6.96. The largest absolute Gasteiger partial charge is 0.332 e. The lowest BCUT2D eigenvalue weighted by atomic mass is 10.2. The number of hydrogen-bond donors (Lipinski definition) is 2. The molecule has 26 heavy (non-hydrogen) atoms. The normalized spacial score (nSPS) is 12.1. The van der Waals surface area contributed by atoms with Gasteiger partial charge in [0.1, 0.15) is 0 Å². The first-order valence-electron chi connectivity index (χ1n) is 7.29. The zero-order chi connectivity index (χ0) is 18.9. The summed E-state index contributed by atoms with van der Waals surface area (Å²) in [5.74, 6) is 0. The van der Waals surface area contributed by atoms with Crippen LogP contribution in [-0.4, -0.2) is 28.1 Å². The number of anilines is 2. The third-order valence-electron chi connectivity index (χ3n) is 3.52. The molecule has 0 spiro atoms. The smallest absolute Gasteiger partial charge is 0.238 e. The summed E-state index contributed by atoms with van der Waals surface area (Å²) in [6.45, 7) is 0. The molecule has 3 rings (SSSR count). The van der Waals surface area contributed by atoms with E-state index >= 15 is 0 Å². The topological polar surface area (TPSA) is 119 Å². The summed E-state index contributed by atoms with van der Waals surface area (Å²) in [6, 6.07) is 12.5. The summed E-state index contributed by atoms with van der Waals surface area (Å²) in [5.41, 5.74) is 2.16. The zero-order valence-electron chi connectivity index (χ0n) is 13.6. The number of sulfone groups is 1. The number of primary sulfonamides is 1. The maximum Gasteiger partial charge on any atom is 0.238 e. The molecule has 0 aliphatic heterocycles. The molecule has 0 atom stereocenters. The Morgan fingerprint density at radius 1 is 0.923 bits per heavy atom. The Morgan fingerprint density at radius 3 is 2.04 bits per heavy atom. The van der Waals surface area contributed by atoms with E-state index in [0.29, 0.717) is 16.5 Å². The van der Waals surface area contributed by atoms with Crippen molar-refractivity contribution in [3.63, 3.8) is 0 Å². The number of nitrogens with zero attached hydrogens (tertiary/aromatic N) is 1. The van der Waals surface area contributed by atoms with Gasteiger partial charge >= 0.3 is 0 Å². The molecule has 0 saturated heterocycles. The Labute approximate surface area is 155 Å². The average molecular weight is 410 g/mol. The van der Waals surface area contributed by atoms with Crippen LogP contribution in [0.1, 0.15) is 0 Å². The van der Waals surface area contributed by atoms with Crippen LogP contribution < -0.4 is 10.5 Å². The fourth-order valence-electron chi connectivity index (χ4n) is 2.19. The second-order valence-electron chi connectivity index (χ2n) is 5.53. The van der Waals surface area contributed by atoms with E-state index in [1.165, 1.54) is 35.6 Å². The summed E-state index contributed by atoms with van der Waals surface area (Å²) >= 11 is 1.38. The summed E-state index contributed by atoms with van der Waals surface area (Å²) in [4.78, 5) is 4.74. The number of rotatable bonds is 5. The van der Waals surface area contributed by atoms with Crippen LogP contribution in [0.25, 0.3) is 11.3 Å². The molecule has 7 nitrogen and oxygen atoms in total. The van der Waals surface area contributed by atoms with Gasteiger partial charge in [-0.15, -0.1) is 11.3 Å². The van der Waals surface area contributed by atoms with Crippen molar-refractivity contribution in [2.75, 3.05) is 11.6 Å². The lowest BCUT2D eigenvalue weighted by Crippen LogP contribution is -2.11. The second-order valence-corrected chi connectivity index (χ2v) is 9.96. The Balaban J connectivity index is 1.78. The van der Waals surface area contributed by atoms with E-state index < -0.39 is 19.9 Å². The van der Waals surface area contributed by atoms with Crippen LogP contribution in [0.2, 0.25) is 0 Å². The molecular weight excluding hydrogens is 394 g/mol. The monoisotopic (exact) mass is 409 g/mol. The summed E-state index contributed by atoms with van der Waals surface area (Å²) in [6.07, 6.45) is 1.16. The summed E-state index contributed by atoms with van der Waals surface area (Å²) in [5, 5.41) is 10.6. The fourth-order valence-corrected chi connectivity index (χ4v) is 4.07. The van der Waals surface area contributed by atoms with Crippen molar-refractivity contribution in [1.82, 2.24) is 4.98 Å². The zero-order valence-corrected chi connectivity index (χ0v) is 16.0. The first kappa shape index (κ1) is 18.5. The van der Waals surface area contributed by atoms with Gasteiger partial charge in [-0.2, -0.15) is 0 Å². The van der Waals surface area contributed by atoms with E-state index in [9.17, 15) is 16.8 Å². The van der Waals surface area contributed by atoms with Gasteiger partial charge in [-0.3, -0.25) is 0 Å². The van der Waals surface area contributed by atoms with E-state index in [2.05, 4.69) is 10.3 Å². The molecule has 1 aromatic heterocycles. The van der Waals surface area contributed by atoms with Gasteiger partial charge < -0.3 is 5.32 Å². The fraction of sp³-hybridized carbons (Fsp3) is 0.0625. The van der Waals surface area contributed by atoms with Crippen molar-refractivity contribution < 1.29 is 16.8 Å². The first-order valence-corrected chi connectivity index (χ1v) is 11.6. The quantitative estimate of drug-likeness (QED) is 0.668. The highest BCUT2D eigenvalue weighted by molar-refractivity contribution is 7.90. The van der Waals surface area contributed by atoms with Gasteiger partial charge in [0.15, 0.2) is 15.0 Å². The van der Waals surface area contributed by atoms with Gasteiger partial charge in [-0.05, 0) is 36.4 Å². The minimum absolute atomic E-state index is 0.0424. The number of nitrogens with one attached hydrogen (secondary N) is 1. The highest BCUT2D eigenvalue weighted by Gasteiger charge is 2.10. The van der Waals surface area contributed by atoms with Gasteiger partial charge in [0.25, 0.3) is 0 Å². The van der Waals surface area contributed by atoms with E-state index in [-0.39, 0.29) is 9.79 Å². The predicted octanol–water partition coefficient (Wildman–Crippen LogP) is 2.60. The molecule has 0 unspecified atom stereocenters. The number of aromatic nitrogens is 1. The molecule has 0 fully saturated rings. The minimum Gasteiger partial charge on any atom is -0.332 e. The number of sulfonamides is 1. The van der Waals surface area contributed by atoms with Crippen molar-refractivity contribution in [2.45, 2.75) is 9.79 Å². The van der Waals surface area contributed by atoms with Crippen LogP contribution in [-0.2, 0) is 19.9 Å². The number of benzene rings is 2. The molecule has 0 amide bonds. The van der Waals surface area contributed by atoms with Crippen molar-refractivity contribution >= 4 is 42.0 Å². The molecule has 2 aromatic carbocycles. The SMILES string of the molecule is CS(=O)(=O)c1ccc(Nc2nc(-c3ccc(S(N)(=O)=O)cc3)cs2)cc1. The molecule has 3 N–H and O–H groups in total. The van der Waals surface area contributed by atoms with Gasteiger partial charge in [0.05, 0.1) is 15.5 Å². The Bertz CT molecular complexity index is 1130. The van der Waals surface area contributed by atoms with Crippen LogP contribution in [0, 0.1) is 0 Å². The van der Waals surface area contributed by atoms with Gasteiger partial charge in [-0.25, -0.2) is 27.0 Å². The van der Waals surface area contributed by atoms with Crippen molar-refractivity contribution in [2.24, 2.45) is 5.14 Å². The second kappa shape index (κ2) is 6.80. The van der Waals surface area contributed by atoms with E-state index in [0.717, 1.165) is 11.8 Å². The Hall–Kier alpha value is -2.27. The number of nitrogens with two attached hydrogens (primary N) is 1. The molecule has 3 aromatic rings. The maximum atomic E-state index is 11.5. The van der Waals surface area contributed by atoms with E-state index in [1.807, 2.05) is 5.38 Å². The van der Waals surface area contributed by atoms with Crippen LogP contribution in [0.4, 0.5) is 10.8 Å². The van der Waals surface area contributed by atoms with Crippen LogP contribution >= 0.6 is 11.3 Å². The maximum absolute atomic E-state index is 11.5. The molecule has 0 aliphatic rings. The Morgan fingerprint density at radius 2 is 1.50 bits per heavy atom.